The second-order valence-electron chi connectivity index (χ2n) is 4.26. The van der Waals surface area contributed by atoms with E-state index in [9.17, 15) is 10.1 Å². The van der Waals surface area contributed by atoms with Crippen molar-refractivity contribution in [2.24, 2.45) is 0 Å². The lowest BCUT2D eigenvalue weighted by atomic mass is 10.1. The van der Waals surface area contributed by atoms with E-state index in [0.29, 0.717) is 0 Å². The van der Waals surface area contributed by atoms with Crippen LogP contribution in [0.2, 0.25) is 0 Å². The molecule has 0 aliphatic carbocycles. The maximum absolute atomic E-state index is 11.1. The maximum Gasteiger partial charge on any atom is 0.298 e. The fourth-order valence-corrected chi connectivity index (χ4v) is 2.22. The molecule has 0 aromatic heterocycles. The highest BCUT2D eigenvalue weighted by atomic mass is 16.6. The summed E-state index contributed by atoms with van der Waals surface area (Å²) in [6.45, 7) is 1.82. The number of nitrogens with zero attached hydrogens (tertiary/aromatic N) is 2. The first-order valence-corrected chi connectivity index (χ1v) is 5.88. The average molecular weight is 251 g/mol. The second-order valence-corrected chi connectivity index (χ2v) is 4.26. The Hall–Kier alpha value is -1.62. The molecule has 100 valence electrons. The standard InChI is InChI=1S/C12H17N3O2.CH4/c1-13-10-5-6-11(12(9-10)15(16)17)14-7-3-2-4-8-14;/h5-6,9H,1-4,7-8,13H2;1H4. The number of benzene rings is 1. The minimum absolute atomic E-state index is 0. The highest BCUT2D eigenvalue weighted by Gasteiger charge is 2.21. The Morgan fingerprint density at radius 2 is 1.94 bits per heavy atom. The summed E-state index contributed by atoms with van der Waals surface area (Å²) in [7, 11) is 3.64. The first-order chi connectivity index (χ1) is 8.22. The van der Waals surface area contributed by atoms with Gasteiger partial charge >= 0.3 is 0 Å². The minimum Gasteiger partial charge on any atom is -0.446 e. The number of hydrogen-bond acceptors (Lipinski definition) is 3. The topological polar surface area (TPSA) is 63.0 Å². The van der Waals surface area contributed by atoms with E-state index >= 15 is 0 Å². The molecule has 1 aromatic carbocycles. The zero-order chi connectivity index (χ0) is 12.3. The number of nitro groups is 1. The van der Waals surface area contributed by atoms with Gasteiger partial charge in [-0.05, 0) is 31.4 Å². The molecule has 18 heavy (non-hydrogen) atoms. The summed E-state index contributed by atoms with van der Waals surface area (Å²) < 4.78 is 0. The van der Waals surface area contributed by atoms with Gasteiger partial charge in [0.2, 0.25) is 0 Å². The van der Waals surface area contributed by atoms with Crippen LogP contribution in [0.5, 0.6) is 0 Å². The Kier molecular flexibility index (Phi) is 5.09. The molecule has 1 aliphatic heterocycles. The van der Waals surface area contributed by atoms with Gasteiger partial charge in [-0.15, -0.1) is 7.05 Å². The quantitative estimate of drug-likeness (QED) is 0.388. The van der Waals surface area contributed by atoms with Crippen molar-refractivity contribution < 1.29 is 10.2 Å². The summed E-state index contributed by atoms with van der Waals surface area (Å²) in [4.78, 5) is 12.9. The van der Waals surface area contributed by atoms with E-state index in [4.69, 9.17) is 0 Å². The molecule has 0 atom stereocenters. The summed E-state index contributed by atoms with van der Waals surface area (Å²) in [6.07, 6.45) is 3.44. The smallest absolute Gasteiger partial charge is 0.298 e. The van der Waals surface area contributed by atoms with Gasteiger partial charge in [0.15, 0.2) is 0 Å². The van der Waals surface area contributed by atoms with Crippen LogP contribution in [0.25, 0.3) is 0 Å². The van der Waals surface area contributed by atoms with Crippen molar-refractivity contribution in [1.82, 2.24) is 0 Å². The molecule has 1 aromatic rings. The van der Waals surface area contributed by atoms with Crippen LogP contribution in [0.1, 0.15) is 26.7 Å². The van der Waals surface area contributed by atoms with E-state index in [2.05, 4.69) is 11.9 Å². The van der Waals surface area contributed by atoms with Gasteiger partial charge in [-0.3, -0.25) is 10.1 Å². The number of nitro benzene ring substituents is 1. The molecule has 0 spiro atoms. The molecule has 2 rings (SSSR count). The zero-order valence-electron chi connectivity index (χ0n) is 9.76. The predicted molar refractivity (Wildman–Crippen MR) is 72.8 cm³/mol. The van der Waals surface area contributed by atoms with Crippen molar-refractivity contribution >= 4 is 17.1 Å². The summed E-state index contributed by atoms with van der Waals surface area (Å²) in [6, 6.07) is 5.31. The van der Waals surface area contributed by atoms with Gasteiger partial charge in [0.05, 0.1) is 11.0 Å². The zero-order valence-corrected chi connectivity index (χ0v) is 9.76. The Morgan fingerprint density at radius 1 is 1.28 bits per heavy atom. The Bertz CT molecular complexity index is 415. The summed E-state index contributed by atoms with van der Waals surface area (Å²) in [5, 5.41) is 12.7. The maximum atomic E-state index is 11.1. The van der Waals surface area contributed by atoms with Crippen molar-refractivity contribution in [1.29, 1.82) is 0 Å². The summed E-state index contributed by atoms with van der Waals surface area (Å²) in [5.41, 5.74) is 1.71. The highest BCUT2D eigenvalue weighted by molar-refractivity contribution is 5.66. The van der Waals surface area contributed by atoms with Crippen LogP contribution in [0.15, 0.2) is 18.2 Å². The molecule has 0 bridgehead atoms. The lowest BCUT2D eigenvalue weighted by Gasteiger charge is -2.28. The Labute approximate surface area is 108 Å². The van der Waals surface area contributed by atoms with Crippen LogP contribution >= 0.6 is 0 Å². The lowest BCUT2D eigenvalue weighted by Crippen LogP contribution is -2.69. The van der Waals surface area contributed by atoms with Crippen molar-refractivity contribution in [2.45, 2.75) is 26.7 Å². The van der Waals surface area contributed by atoms with Crippen LogP contribution in [0, 0.1) is 17.2 Å². The third-order valence-corrected chi connectivity index (χ3v) is 3.13. The Morgan fingerprint density at radius 3 is 2.50 bits per heavy atom. The van der Waals surface area contributed by atoms with Crippen LogP contribution < -0.4 is 10.2 Å². The van der Waals surface area contributed by atoms with E-state index in [0.717, 1.165) is 37.3 Å². The van der Waals surface area contributed by atoms with E-state index in [1.165, 1.54) is 6.42 Å². The number of nitrogens with two attached hydrogens (primary N) is 1. The molecule has 5 nitrogen and oxygen atoms in total. The highest BCUT2D eigenvalue weighted by Crippen LogP contribution is 2.31. The summed E-state index contributed by atoms with van der Waals surface area (Å²) >= 11 is 0. The number of quaternary nitrogens is 1. The largest absolute Gasteiger partial charge is 0.446 e. The fraction of sp³-hybridized carbons (Fsp3) is 0.462. The lowest BCUT2D eigenvalue weighted by molar-refractivity contribution is -0.505. The number of anilines is 1. The van der Waals surface area contributed by atoms with Crippen molar-refractivity contribution in [3.63, 3.8) is 0 Å². The van der Waals surface area contributed by atoms with Gasteiger partial charge in [0.1, 0.15) is 11.4 Å². The Balaban J connectivity index is 0.00000162. The molecule has 0 radical (unpaired) electrons. The van der Waals surface area contributed by atoms with Crippen LogP contribution in [0.3, 0.4) is 0 Å². The first-order valence-electron chi connectivity index (χ1n) is 5.88. The van der Waals surface area contributed by atoms with Gasteiger partial charge < -0.3 is 10.2 Å². The van der Waals surface area contributed by atoms with Crippen LogP contribution in [-0.2, 0) is 0 Å². The molecule has 1 fully saturated rings. The third kappa shape index (κ3) is 2.98. The predicted octanol–water partition coefficient (Wildman–Crippen LogP) is 2.21. The van der Waals surface area contributed by atoms with Gasteiger partial charge in [-0.2, -0.15) is 0 Å². The molecule has 2 N–H and O–H groups in total. The summed E-state index contributed by atoms with van der Waals surface area (Å²) in [5.74, 6) is 0. The number of rotatable bonds is 3. The molecule has 5 heteroatoms. The van der Waals surface area contributed by atoms with E-state index in [1.807, 2.05) is 12.1 Å². The fourth-order valence-electron chi connectivity index (χ4n) is 2.22. The van der Waals surface area contributed by atoms with Gasteiger partial charge in [-0.25, -0.2) is 0 Å². The molecule has 0 amide bonds. The minimum atomic E-state index is -0.309. The van der Waals surface area contributed by atoms with Crippen LogP contribution in [-0.4, -0.2) is 18.0 Å². The van der Waals surface area contributed by atoms with E-state index in [-0.39, 0.29) is 18.0 Å². The van der Waals surface area contributed by atoms with Crippen LogP contribution in [0.4, 0.5) is 17.1 Å². The molecule has 0 unspecified atom stereocenters. The molecule has 0 saturated carbocycles. The van der Waals surface area contributed by atoms with Crippen molar-refractivity contribution in [3.8, 4) is 0 Å². The van der Waals surface area contributed by atoms with Crippen molar-refractivity contribution in [3.05, 3.63) is 35.4 Å². The molecular formula is C13H21N3O2. The molecule has 1 aliphatic rings. The average Bonchev–Trinajstić information content (AvgIpc) is 2.39. The van der Waals surface area contributed by atoms with Gasteiger partial charge in [0.25, 0.3) is 5.69 Å². The normalized spacial score (nSPS) is 15.1. The molecule has 1 saturated heterocycles. The first kappa shape index (κ1) is 14.4. The SMILES string of the molecule is C.[CH2-][NH2+]c1ccc(N2CCCCC2)c([N+](=O)[O-])c1. The van der Waals surface area contributed by atoms with Gasteiger partial charge in [-0.1, -0.05) is 7.43 Å². The van der Waals surface area contributed by atoms with E-state index < -0.39 is 0 Å². The van der Waals surface area contributed by atoms with Gasteiger partial charge in [0, 0.05) is 13.1 Å². The number of hydrogen-bond donors (Lipinski definition) is 1. The number of piperidine rings is 1. The molecular weight excluding hydrogens is 230 g/mol. The van der Waals surface area contributed by atoms with E-state index in [1.54, 1.807) is 11.4 Å². The third-order valence-electron chi connectivity index (χ3n) is 3.13. The van der Waals surface area contributed by atoms with Crippen molar-refractivity contribution in [2.75, 3.05) is 18.0 Å². The molecule has 1 heterocycles. The second kappa shape index (κ2) is 6.35. The monoisotopic (exact) mass is 251 g/mol.